The molecule has 0 fully saturated rings. The Hall–Kier alpha value is -7.52. The quantitative estimate of drug-likeness (QED) is 0.155. The highest BCUT2D eigenvalue weighted by Gasteiger charge is 2.36. The van der Waals surface area contributed by atoms with Crippen LogP contribution in [0.15, 0.2) is 224 Å². The van der Waals surface area contributed by atoms with Gasteiger partial charge in [-0.25, -0.2) is 0 Å². The van der Waals surface area contributed by atoms with Crippen molar-refractivity contribution in [2.75, 3.05) is 4.90 Å². The van der Waals surface area contributed by atoms with E-state index in [1.165, 1.54) is 97.7 Å². The van der Waals surface area contributed by atoms with Gasteiger partial charge in [0.15, 0.2) is 0 Å². The van der Waals surface area contributed by atoms with E-state index in [0.717, 1.165) is 17.1 Å². The summed E-state index contributed by atoms with van der Waals surface area (Å²) in [6.45, 7) is 4.75. The Bertz CT molecular complexity index is 3540. The van der Waals surface area contributed by atoms with E-state index in [2.05, 4.69) is 243 Å². The molecule has 0 spiro atoms. The van der Waals surface area contributed by atoms with Gasteiger partial charge in [0.1, 0.15) is 0 Å². The summed E-state index contributed by atoms with van der Waals surface area (Å²) in [5, 5.41) is 5.07. The molecular formula is C61H43NS. The number of benzene rings is 10. The van der Waals surface area contributed by atoms with Crippen LogP contribution in [-0.4, -0.2) is 0 Å². The minimum atomic E-state index is -0.158. The van der Waals surface area contributed by atoms with Crippen molar-refractivity contribution in [2.24, 2.45) is 0 Å². The second kappa shape index (κ2) is 14.8. The highest BCUT2D eigenvalue weighted by molar-refractivity contribution is 7.25. The van der Waals surface area contributed by atoms with Crippen LogP contribution in [0.1, 0.15) is 25.0 Å². The van der Waals surface area contributed by atoms with E-state index in [-0.39, 0.29) is 5.41 Å². The normalized spacial score (nSPS) is 12.7. The molecule has 1 aromatic heterocycles. The van der Waals surface area contributed by atoms with E-state index in [1.54, 1.807) is 0 Å². The van der Waals surface area contributed by atoms with Gasteiger partial charge in [0.25, 0.3) is 0 Å². The van der Waals surface area contributed by atoms with E-state index in [9.17, 15) is 0 Å². The molecule has 0 saturated carbocycles. The smallest absolute Gasteiger partial charge is 0.0540 e. The fraction of sp³-hybridized carbons (Fsp3) is 0.0492. The largest absolute Gasteiger partial charge is 0.309 e. The summed E-state index contributed by atoms with van der Waals surface area (Å²) in [4.78, 5) is 2.52. The lowest BCUT2D eigenvalue weighted by Gasteiger charge is -2.31. The van der Waals surface area contributed by atoms with Crippen LogP contribution >= 0.6 is 11.3 Å². The van der Waals surface area contributed by atoms with Gasteiger partial charge >= 0.3 is 0 Å². The fourth-order valence-corrected chi connectivity index (χ4v) is 11.3. The van der Waals surface area contributed by atoms with E-state index >= 15 is 0 Å². The molecule has 0 N–H and O–H groups in total. The van der Waals surface area contributed by atoms with Crippen LogP contribution in [0.25, 0.3) is 86.6 Å². The van der Waals surface area contributed by atoms with Gasteiger partial charge in [-0.2, -0.15) is 0 Å². The highest BCUT2D eigenvalue weighted by Crippen LogP contribution is 2.53. The summed E-state index contributed by atoms with van der Waals surface area (Å²) in [6, 6.07) is 83.1. The first kappa shape index (κ1) is 37.3. The molecule has 63 heavy (non-hydrogen) atoms. The third-order valence-electron chi connectivity index (χ3n) is 13.3. The van der Waals surface area contributed by atoms with Gasteiger partial charge in [0.05, 0.1) is 11.4 Å². The lowest BCUT2D eigenvalue weighted by atomic mass is 9.82. The molecule has 1 heterocycles. The van der Waals surface area contributed by atoms with Gasteiger partial charge in [-0.15, -0.1) is 11.3 Å². The van der Waals surface area contributed by atoms with Crippen molar-refractivity contribution >= 4 is 59.3 Å². The molecule has 1 aliphatic rings. The van der Waals surface area contributed by atoms with Crippen LogP contribution in [0.5, 0.6) is 0 Å². The first-order chi connectivity index (χ1) is 31.0. The average Bonchev–Trinajstić information content (AvgIpc) is 3.83. The molecule has 11 aromatic rings. The maximum absolute atomic E-state index is 2.52. The molecule has 0 amide bonds. The average molecular weight is 822 g/mol. The lowest BCUT2D eigenvalue weighted by Crippen LogP contribution is -2.17. The first-order valence-electron chi connectivity index (χ1n) is 21.8. The number of thiophene rings is 1. The Kier molecular flexibility index (Phi) is 8.77. The van der Waals surface area contributed by atoms with Crippen molar-refractivity contribution in [3.63, 3.8) is 0 Å². The summed E-state index contributed by atoms with van der Waals surface area (Å²) in [7, 11) is 0. The zero-order valence-electron chi connectivity index (χ0n) is 35.2. The molecule has 0 saturated heterocycles. The zero-order valence-corrected chi connectivity index (χ0v) is 36.0. The number of rotatable bonds is 7. The van der Waals surface area contributed by atoms with Gasteiger partial charge in [-0.05, 0) is 115 Å². The maximum Gasteiger partial charge on any atom is 0.0540 e. The first-order valence-corrected chi connectivity index (χ1v) is 22.7. The molecule has 2 heteroatoms. The molecule has 0 atom stereocenters. The predicted octanol–water partition coefficient (Wildman–Crippen LogP) is 17.7. The summed E-state index contributed by atoms with van der Waals surface area (Å²) >= 11 is 1.87. The summed E-state index contributed by atoms with van der Waals surface area (Å²) in [5.41, 5.74) is 18.1. The van der Waals surface area contributed by atoms with Crippen molar-refractivity contribution in [3.05, 3.63) is 236 Å². The number of fused-ring (bicyclic) bond motifs is 7. The van der Waals surface area contributed by atoms with E-state index in [4.69, 9.17) is 0 Å². The molecule has 0 radical (unpaired) electrons. The van der Waals surface area contributed by atoms with Crippen molar-refractivity contribution in [1.82, 2.24) is 0 Å². The Balaban J connectivity index is 1.15. The molecule has 0 unspecified atom stereocenters. The molecule has 0 aliphatic heterocycles. The van der Waals surface area contributed by atoms with Crippen LogP contribution in [-0.2, 0) is 5.41 Å². The minimum Gasteiger partial charge on any atom is -0.309 e. The Labute approximate surface area is 372 Å². The zero-order chi connectivity index (χ0) is 42.1. The Morgan fingerprint density at radius 3 is 1.71 bits per heavy atom. The Morgan fingerprint density at radius 2 is 0.921 bits per heavy atom. The summed E-state index contributed by atoms with van der Waals surface area (Å²) in [5.74, 6) is 0. The SMILES string of the molecule is CC1(C)c2ccccc2-c2ccc(N(c3ccccc3-c3ccccc3)c3ccc(-c4cccc5cccc(-c6ccccc6)c45)cc3-c3ccc4sc5ccccc5c4c3)cc21. The fourth-order valence-electron chi connectivity index (χ4n) is 10.2. The van der Waals surface area contributed by atoms with Crippen LogP contribution in [0.2, 0.25) is 0 Å². The van der Waals surface area contributed by atoms with Crippen LogP contribution in [0.4, 0.5) is 17.1 Å². The third kappa shape index (κ3) is 6.13. The van der Waals surface area contributed by atoms with Gasteiger partial charge in [-0.1, -0.05) is 190 Å². The molecule has 1 aliphatic carbocycles. The van der Waals surface area contributed by atoms with E-state index < -0.39 is 0 Å². The number of hydrogen-bond donors (Lipinski definition) is 0. The van der Waals surface area contributed by atoms with Gasteiger partial charge < -0.3 is 4.90 Å². The molecule has 298 valence electrons. The van der Waals surface area contributed by atoms with Crippen LogP contribution < -0.4 is 4.90 Å². The standard InChI is InChI=1S/C61H43NS/c1-61(2)54-28-12-9-24-49(54)50-34-33-45(39-55(50)61)62(56-29-13-10-23-46(56)40-17-5-3-6-18-40)57-35-31-43(37-52(57)44-32-36-59-53(38-44)51-25-11-14-30-58(51)63-59)48-27-16-22-42-21-15-26-47(60(42)48)41-19-7-4-8-20-41/h3-39H,1-2H3. The van der Waals surface area contributed by atoms with Crippen LogP contribution in [0, 0.1) is 0 Å². The topological polar surface area (TPSA) is 3.24 Å². The van der Waals surface area contributed by atoms with Gasteiger partial charge in [0, 0.05) is 42.4 Å². The number of para-hydroxylation sites is 1. The van der Waals surface area contributed by atoms with E-state index in [1.807, 2.05) is 11.3 Å². The predicted molar refractivity (Wildman–Crippen MR) is 271 cm³/mol. The summed E-state index contributed by atoms with van der Waals surface area (Å²) < 4.78 is 2.61. The lowest BCUT2D eigenvalue weighted by molar-refractivity contribution is 0.660. The molecule has 10 aromatic carbocycles. The van der Waals surface area contributed by atoms with E-state index in [0.29, 0.717) is 0 Å². The number of nitrogens with zero attached hydrogens (tertiary/aromatic N) is 1. The molecule has 1 nitrogen and oxygen atoms in total. The minimum absolute atomic E-state index is 0.158. The van der Waals surface area contributed by atoms with Crippen molar-refractivity contribution in [2.45, 2.75) is 19.3 Å². The van der Waals surface area contributed by atoms with Crippen molar-refractivity contribution < 1.29 is 0 Å². The van der Waals surface area contributed by atoms with Crippen molar-refractivity contribution in [3.8, 4) is 55.6 Å². The second-order valence-corrected chi connectivity index (χ2v) is 18.3. The Morgan fingerprint density at radius 1 is 0.349 bits per heavy atom. The monoisotopic (exact) mass is 821 g/mol. The maximum atomic E-state index is 2.52. The van der Waals surface area contributed by atoms with Gasteiger partial charge in [0.2, 0.25) is 0 Å². The summed E-state index contributed by atoms with van der Waals surface area (Å²) in [6.07, 6.45) is 0. The van der Waals surface area contributed by atoms with Gasteiger partial charge in [-0.3, -0.25) is 0 Å². The van der Waals surface area contributed by atoms with Crippen molar-refractivity contribution in [1.29, 1.82) is 0 Å². The molecule has 12 rings (SSSR count). The highest BCUT2D eigenvalue weighted by atomic mass is 32.1. The second-order valence-electron chi connectivity index (χ2n) is 17.2. The molecular weight excluding hydrogens is 779 g/mol. The van der Waals surface area contributed by atoms with Crippen LogP contribution in [0.3, 0.4) is 0 Å². The molecule has 0 bridgehead atoms. The number of anilines is 3. The number of hydrogen-bond acceptors (Lipinski definition) is 2. The third-order valence-corrected chi connectivity index (χ3v) is 14.4.